The van der Waals surface area contributed by atoms with Gasteiger partial charge in [0.2, 0.25) is 6.33 Å². The molecule has 0 radical (unpaired) electrons. The number of aromatic nitrogens is 2. The SMILES string of the molecule is CCCCCCC(=O)[O-].CCn1cc[n+](CC)c1. The third-order valence-corrected chi connectivity index (χ3v) is 2.71. The van der Waals surface area contributed by atoms with Crippen LogP contribution >= 0.6 is 0 Å². The number of hydrogen-bond acceptors (Lipinski definition) is 2. The predicted molar refractivity (Wildman–Crippen MR) is 69.7 cm³/mol. The molecule has 0 bridgehead atoms. The van der Waals surface area contributed by atoms with Gasteiger partial charge in [0.05, 0.1) is 13.1 Å². The van der Waals surface area contributed by atoms with Gasteiger partial charge >= 0.3 is 0 Å². The third-order valence-electron chi connectivity index (χ3n) is 2.71. The lowest BCUT2D eigenvalue weighted by Gasteiger charge is -1.99. The van der Waals surface area contributed by atoms with E-state index in [1.807, 2.05) is 0 Å². The summed E-state index contributed by atoms with van der Waals surface area (Å²) in [5.41, 5.74) is 0. The van der Waals surface area contributed by atoms with Crippen LogP contribution in [0.3, 0.4) is 0 Å². The van der Waals surface area contributed by atoms with E-state index in [4.69, 9.17) is 0 Å². The highest BCUT2D eigenvalue weighted by Gasteiger charge is 1.95. The number of aryl methyl sites for hydroxylation is 2. The van der Waals surface area contributed by atoms with Gasteiger partial charge < -0.3 is 9.90 Å². The standard InChI is InChI=1S/C7H13N2.C7H14O2/c1-3-8-5-6-9(4-2)7-8;1-2-3-4-5-6-7(8)9/h5-7H,3-4H2,1-2H3;2-6H2,1H3,(H,8,9)/q+1;/p-1. The second-order valence-corrected chi connectivity index (χ2v) is 4.26. The van der Waals surface area contributed by atoms with Crippen molar-refractivity contribution in [1.29, 1.82) is 0 Å². The van der Waals surface area contributed by atoms with Crippen LogP contribution < -0.4 is 9.67 Å². The summed E-state index contributed by atoms with van der Waals surface area (Å²) in [6, 6.07) is 0. The first-order valence-electron chi connectivity index (χ1n) is 6.88. The minimum Gasteiger partial charge on any atom is -0.550 e. The van der Waals surface area contributed by atoms with Crippen LogP contribution in [0.15, 0.2) is 18.7 Å². The number of aliphatic carboxylic acids is 1. The van der Waals surface area contributed by atoms with Crippen LogP contribution in [0, 0.1) is 0 Å². The number of carboxylic acids is 1. The molecule has 0 saturated heterocycles. The molecule has 1 aromatic heterocycles. The summed E-state index contributed by atoms with van der Waals surface area (Å²) in [4.78, 5) is 9.85. The van der Waals surface area contributed by atoms with E-state index in [1.165, 1.54) is 0 Å². The van der Waals surface area contributed by atoms with Crippen molar-refractivity contribution in [2.75, 3.05) is 0 Å². The highest BCUT2D eigenvalue weighted by atomic mass is 16.4. The van der Waals surface area contributed by atoms with Crippen LogP contribution in [0.1, 0.15) is 52.9 Å². The molecule has 104 valence electrons. The van der Waals surface area contributed by atoms with Crippen LogP contribution in [0.2, 0.25) is 0 Å². The lowest BCUT2D eigenvalue weighted by atomic mass is 10.2. The molecule has 0 aliphatic heterocycles. The maximum Gasteiger partial charge on any atom is 0.243 e. The second-order valence-electron chi connectivity index (χ2n) is 4.26. The van der Waals surface area contributed by atoms with Crippen molar-refractivity contribution in [3.8, 4) is 0 Å². The van der Waals surface area contributed by atoms with Gasteiger partial charge in [0.1, 0.15) is 12.4 Å². The highest BCUT2D eigenvalue weighted by molar-refractivity contribution is 5.63. The van der Waals surface area contributed by atoms with E-state index in [9.17, 15) is 9.90 Å². The van der Waals surface area contributed by atoms with E-state index >= 15 is 0 Å². The van der Waals surface area contributed by atoms with Crippen molar-refractivity contribution in [1.82, 2.24) is 4.57 Å². The first-order chi connectivity index (χ1) is 8.63. The number of imidazole rings is 1. The summed E-state index contributed by atoms with van der Waals surface area (Å²) in [6.45, 7) is 8.50. The van der Waals surface area contributed by atoms with Gasteiger partial charge in [-0.1, -0.05) is 26.2 Å². The summed E-state index contributed by atoms with van der Waals surface area (Å²) in [7, 11) is 0. The van der Waals surface area contributed by atoms with Crippen molar-refractivity contribution < 1.29 is 14.5 Å². The molecule has 1 rings (SSSR count). The van der Waals surface area contributed by atoms with Crippen LogP contribution in [0.5, 0.6) is 0 Å². The molecule has 18 heavy (non-hydrogen) atoms. The molecule has 1 heterocycles. The van der Waals surface area contributed by atoms with Crippen molar-refractivity contribution >= 4 is 5.97 Å². The lowest BCUT2D eigenvalue weighted by molar-refractivity contribution is -0.693. The molecule has 0 aliphatic carbocycles. The highest BCUT2D eigenvalue weighted by Crippen LogP contribution is 2.00. The van der Waals surface area contributed by atoms with Crippen molar-refractivity contribution in [3.63, 3.8) is 0 Å². The zero-order chi connectivity index (χ0) is 13.8. The van der Waals surface area contributed by atoms with Gasteiger partial charge in [-0.05, 0) is 26.7 Å². The summed E-state index contributed by atoms with van der Waals surface area (Å²) in [6.07, 6.45) is 10.6. The first kappa shape index (κ1) is 16.7. The van der Waals surface area contributed by atoms with Crippen molar-refractivity contribution in [3.05, 3.63) is 18.7 Å². The van der Waals surface area contributed by atoms with Crippen LogP contribution in [0.4, 0.5) is 0 Å². The van der Waals surface area contributed by atoms with Gasteiger partial charge in [0.25, 0.3) is 0 Å². The smallest absolute Gasteiger partial charge is 0.243 e. The molecule has 0 aromatic carbocycles. The third kappa shape index (κ3) is 8.79. The Labute approximate surface area is 110 Å². The molecule has 0 unspecified atom stereocenters. The number of carboxylic acid groups (broad SMARTS) is 1. The Hall–Kier alpha value is -1.32. The Balaban J connectivity index is 0.000000321. The average Bonchev–Trinajstić information content (AvgIpc) is 2.83. The van der Waals surface area contributed by atoms with Crippen molar-refractivity contribution in [2.24, 2.45) is 0 Å². The molecule has 0 atom stereocenters. The normalized spacial score (nSPS) is 9.72. The number of rotatable bonds is 7. The molecule has 4 heteroatoms. The maximum atomic E-state index is 9.85. The Morgan fingerprint density at radius 2 is 1.94 bits per heavy atom. The number of nitrogens with zero attached hydrogens (tertiary/aromatic N) is 2. The Kier molecular flexibility index (Phi) is 10.0. The van der Waals surface area contributed by atoms with Gasteiger partial charge in [-0.15, -0.1) is 0 Å². The van der Waals surface area contributed by atoms with Crippen LogP contribution in [-0.4, -0.2) is 10.5 Å². The molecule has 0 fully saturated rings. The van der Waals surface area contributed by atoms with E-state index in [1.54, 1.807) is 0 Å². The van der Waals surface area contributed by atoms with Crippen molar-refractivity contribution in [2.45, 2.75) is 66.0 Å². The second kappa shape index (κ2) is 10.8. The molecule has 1 aromatic rings. The van der Waals surface area contributed by atoms with Gasteiger partial charge in [-0.3, -0.25) is 0 Å². The minimum absolute atomic E-state index is 0.222. The summed E-state index contributed by atoms with van der Waals surface area (Å²) in [5, 5.41) is 9.85. The topological polar surface area (TPSA) is 48.9 Å². The largest absolute Gasteiger partial charge is 0.550 e. The monoisotopic (exact) mass is 254 g/mol. The fourth-order valence-corrected chi connectivity index (χ4v) is 1.51. The Morgan fingerprint density at radius 3 is 2.33 bits per heavy atom. The molecule has 0 spiro atoms. The fraction of sp³-hybridized carbons (Fsp3) is 0.714. The fourth-order valence-electron chi connectivity index (χ4n) is 1.51. The van der Waals surface area contributed by atoms with Gasteiger partial charge in [-0.25, -0.2) is 9.13 Å². The van der Waals surface area contributed by atoms with Gasteiger partial charge in [-0.2, -0.15) is 0 Å². The molecule has 0 amide bonds. The summed E-state index contributed by atoms with van der Waals surface area (Å²) in [5.74, 6) is -0.925. The lowest BCUT2D eigenvalue weighted by Crippen LogP contribution is -2.28. The van der Waals surface area contributed by atoms with Gasteiger partial charge in [0.15, 0.2) is 0 Å². The maximum absolute atomic E-state index is 9.85. The Bertz CT molecular complexity index is 303. The summed E-state index contributed by atoms with van der Waals surface area (Å²) >= 11 is 0. The molecular formula is C14H26N2O2. The van der Waals surface area contributed by atoms with E-state index in [-0.39, 0.29) is 6.42 Å². The average molecular weight is 254 g/mol. The first-order valence-corrected chi connectivity index (χ1v) is 6.88. The number of carbonyl (C=O) groups excluding carboxylic acids is 1. The quantitative estimate of drug-likeness (QED) is 0.547. The van der Waals surface area contributed by atoms with E-state index in [0.29, 0.717) is 0 Å². The molecule has 0 saturated carbocycles. The molecule has 0 N–H and O–H groups in total. The zero-order valence-corrected chi connectivity index (χ0v) is 11.9. The van der Waals surface area contributed by atoms with E-state index < -0.39 is 5.97 Å². The zero-order valence-electron chi connectivity index (χ0n) is 11.9. The molecule has 0 aliphatic rings. The minimum atomic E-state index is -0.925. The van der Waals surface area contributed by atoms with E-state index in [2.05, 4.69) is 48.6 Å². The van der Waals surface area contributed by atoms with E-state index in [0.717, 1.165) is 38.8 Å². The number of carbonyl (C=O) groups is 1. The van der Waals surface area contributed by atoms with Crippen LogP contribution in [0.25, 0.3) is 0 Å². The number of unbranched alkanes of at least 4 members (excludes halogenated alkanes) is 3. The summed E-state index contributed by atoms with van der Waals surface area (Å²) < 4.78 is 4.31. The molecular weight excluding hydrogens is 228 g/mol. The van der Waals surface area contributed by atoms with Crippen LogP contribution in [-0.2, 0) is 17.9 Å². The predicted octanol–water partition coefficient (Wildman–Crippen LogP) is 1.52. The number of hydrogen-bond donors (Lipinski definition) is 0. The van der Waals surface area contributed by atoms with Gasteiger partial charge in [0, 0.05) is 5.97 Å². The Morgan fingerprint density at radius 1 is 1.22 bits per heavy atom. The molecule has 4 nitrogen and oxygen atoms in total.